The van der Waals surface area contributed by atoms with Crippen LogP contribution < -0.4 is 4.74 Å². The topological polar surface area (TPSA) is 63.9 Å². The van der Waals surface area contributed by atoms with Crippen molar-refractivity contribution in [2.75, 3.05) is 0 Å². The van der Waals surface area contributed by atoms with E-state index in [1.807, 2.05) is 30.5 Å². The van der Waals surface area contributed by atoms with Gasteiger partial charge in [-0.1, -0.05) is 28.9 Å². The van der Waals surface area contributed by atoms with E-state index in [9.17, 15) is 13.2 Å². The molecule has 28 heavy (non-hydrogen) atoms. The number of hydrogen-bond acceptors (Lipinski definition) is 4. The van der Waals surface area contributed by atoms with E-state index in [1.165, 1.54) is 18.2 Å². The highest BCUT2D eigenvalue weighted by Crippen LogP contribution is 2.34. The summed E-state index contributed by atoms with van der Waals surface area (Å²) in [6.07, 6.45) is -4.65. The summed E-state index contributed by atoms with van der Waals surface area (Å²) in [6.45, 7) is 0.913. The summed E-state index contributed by atoms with van der Waals surface area (Å²) in [6, 6.07) is 11.9. The minimum atomic E-state index is -4.48. The van der Waals surface area contributed by atoms with Gasteiger partial charge in [0.05, 0.1) is 5.02 Å². The maximum Gasteiger partial charge on any atom is 0.425 e. The highest BCUT2D eigenvalue weighted by atomic mass is 35.5. The van der Waals surface area contributed by atoms with Gasteiger partial charge in [0.25, 0.3) is 5.89 Å². The molecule has 144 valence electrons. The van der Waals surface area contributed by atoms with Crippen LogP contribution in [0.4, 0.5) is 13.2 Å². The minimum absolute atomic E-state index is 0.0149. The van der Waals surface area contributed by atoms with Crippen LogP contribution in [0.2, 0.25) is 5.02 Å². The average Bonchev–Trinajstić information content (AvgIpc) is 3.31. The number of fused-ring (bicyclic) bond motifs is 1. The van der Waals surface area contributed by atoms with E-state index >= 15 is 0 Å². The van der Waals surface area contributed by atoms with Crippen LogP contribution in [0.3, 0.4) is 0 Å². The molecule has 2 aromatic carbocycles. The van der Waals surface area contributed by atoms with Crippen LogP contribution in [0.1, 0.15) is 6.92 Å². The third kappa shape index (κ3) is 3.43. The number of alkyl halides is 3. The smallest absolute Gasteiger partial charge is 0.425 e. The lowest BCUT2D eigenvalue weighted by atomic mass is 10.1. The summed E-state index contributed by atoms with van der Waals surface area (Å²) in [4.78, 5) is 7.49. The third-order valence-corrected chi connectivity index (χ3v) is 4.50. The molecule has 0 spiro atoms. The number of rotatable bonds is 4. The predicted molar refractivity (Wildman–Crippen MR) is 98.2 cm³/mol. The van der Waals surface area contributed by atoms with Crippen LogP contribution in [-0.2, 0) is 0 Å². The van der Waals surface area contributed by atoms with E-state index in [4.69, 9.17) is 20.9 Å². The Kier molecular flexibility index (Phi) is 4.50. The van der Waals surface area contributed by atoms with Gasteiger partial charge in [-0.25, -0.2) is 0 Å². The molecule has 2 aromatic heterocycles. The molecule has 0 fully saturated rings. The maximum atomic E-state index is 12.7. The summed E-state index contributed by atoms with van der Waals surface area (Å²) >= 11 is 6.07. The Balaban J connectivity index is 1.62. The van der Waals surface area contributed by atoms with E-state index in [0.717, 1.165) is 23.4 Å². The second-order valence-corrected chi connectivity index (χ2v) is 6.52. The molecule has 4 rings (SSSR count). The van der Waals surface area contributed by atoms with Crippen molar-refractivity contribution in [2.24, 2.45) is 0 Å². The van der Waals surface area contributed by atoms with Gasteiger partial charge in [-0.05, 0) is 37.3 Å². The van der Waals surface area contributed by atoms with E-state index in [0.29, 0.717) is 11.4 Å². The third-order valence-electron chi connectivity index (χ3n) is 4.21. The number of H-pyrrole nitrogens is 1. The molecular formula is C19H13ClF3N3O2. The number of hydrogen-bond donors (Lipinski definition) is 1. The highest BCUT2D eigenvalue weighted by molar-refractivity contribution is 6.32. The lowest BCUT2D eigenvalue weighted by Crippen LogP contribution is -2.31. The van der Waals surface area contributed by atoms with Crippen LogP contribution in [-0.4, -0.2) is 27.4 Å². The fourth-order valence-electron chi connectivity index (χ4n) is 2.72. The number of halogens is 4. The van der Waals surface area contributed by atoms with Crippen LogP contribution in [0, 0.1) is 0 Å². The van der Waals surface area contributed by atoms with E-state index < -0.39 is 12.3 Å². The van der Waals surface area contributed by atoms with E-state index in [-0.39, 0.29) is 16.7 Å². The number of benzene rings is 2. The largest absolute Gasteiger partial charge is 0.480 e. The Bertz CT molecular complexity index is 1140. The van der Waals surface area contributed by atoms with Crippen LogP contribution in [0.5, 0.6) is 5.75 Å². The second-order valence-electron chi connectivity index (χ2n) is 6.11. The molecule has 0 aliphatic carbocycles. The fraction of sp³-hybridized carbons (Fsp3) is 0.158. The SMILES string of the molecule is CC(Oc1ccc(-c2nc(-c3cccc4[nH]ccc34)no2)cc1Cl)C(F)(F)F. The van der Waals surface area contributed by atoms with Crippen molar-refractivity contribution in [2.45, 2.75) is 19.2 Å². The Morgan fingerprint density at radius 1 is 1.18 bits per heavy atom. The van der Waals surface area contributed by atoms with Gasteiger partial charge >= 0.3 is 6.18 Å². The van der Waals surface area contributed by atoms with Crippen molar-refractivity contribution in [1.82, 2.24) is 15.1 Å². The summed E-state index contributed by atoms with van der Waals surface area (Å²) in [5.41, 5.74) is 2.20. The monoisotopic (exact) mass is 407 g/mol. The number of nitrogens with one attached hydrogen (secondary N) is 1. The molecule has 1 atom stereocenters. The van der Waals surface area contributed by atoms with Crippen molar-refractivity contribution in [1.29, 1.82) is 0 Å². The van der Waals surface area contributed by atoms with Crippen LogP contribution in [0.15, 0.2) is 53.2 Å². The number of ether oxygens (including phenoxy) is 1. The normalized spacial score (nSPS) is 13.0. The summed E-state index contributed by atoms with van der Waals surface area (Å²) < 4.78 is 48.2. The molecule has 2 heterocycles. The molecule has 1 N–H and O–H groups in total. The quantitative estimate of drug-likeness (QED) is 0.459. The van der Waals surface area contributed by atoms with E-state index in [1.54, 1.807) is 0 Å². The lowest BCUT2D eigenvalue weighted by molar-refractivity contribution is -0.189. The van der Waals surface area contributed by atoms with Gasteiger partial charge in [-0.15, -0.1) is 0 Å². The summed E-state index contributed by atoms with van der Waals surface area (Å²) in [7, 11) is 0. The van der Waals surface area contributed by atoms with Gasteiger partial charge in [0.1, 0.15) is 5.75 Å². The van der Waals surface area contributed by atoms with Gasteiger partial charge in [0, 0.05) is 28.2 Å². The van der Waals surface area contributed by atoms with Gasteiger partial charge in [-0.3, -0.25) is 0 Å². The molecule has 0 radical (unpaired) electrons. The first-order chi connectivity index (χ1) is 13.3. The fourth-order valence-corrected chi connectivity index (χ4v) is 2.94. The zero-order valence-corrected chi connectivity index (χ0v) is 15.2. The lowest BCUT2D eigenvalue weighted by Gasteiger charge is -2.18. The molecular weight excluding hydrogens is 395 g/mol. The van der Waals surface area contributed by atoms with Crippen molar-refractivity contribution in [3.63, 3.8) is 0 Å². The number of aromatic nitrogens is 3. The molecule has 1 unspecified atom stereocenters. The van der Waals surface area contributed by atoms with Crippen molar-refractivity contribution >= 4 is 22.5 Å². The Morgan fingerprint density at radius 3 is 2.75 bits per heavy atom. The molecule has 0 bridgehead atoms. The van der Waals surface area contributed by atoms with Gasteiger partial charge in [0.2, 0.25) is 5.82 Å². The highest BCUT2D eigenvalue weighted by Gasteiger charge is 2.38. The van der Waals surface area contributed by atoms with Gasteiger partial charge in [0.15, 0.2) is 6.10 Å². The Labute approximate surface area is 162 Å². The van der Waals surface area contributed by atoms with Crippen LogP contribution in [0.25, 0.3) is 33.7 Å². The molecule has 0 saturated carbocycles. The first-order valence-electron chi connectivity index (χ1n) is 8.26. The zero-order valence-electron chi connectivity index (χ0n) is 14.4. The van der Waals surface area contributed by atoms with Gasteiger partial charge in [-0.2, -0.15) is 18.2 Å². The van der Waals surface area contributed by atoms with E-state index in [2.05, 4.69) is 15.1 Å². The molecule has 0 saturated heterocycles. The minimum Gasteiger partial charge on any atom is -0.480 e. The Hall–Kier alpha value is -3.00. The molecule has 0 amide bonds. The standard InChI is InChI=1S/C19H13ClF3N3O2/c1-10(19(21,22)23)27-16-6-5-11(9-14(16)20)18-25-17(26-28-18)13-3-2-4-15-12(13)7-8-24-15/h2-10,24H,1H3. The summed E-state index contributed by atoms with van der Waals surface area (Å²) in [5.74, 6) is 0.509. The van der Waals surface area contributed by atoms with Crippen molar-refractivity contribution in [3.8, 4) is 28.6 Å². The Morgan fingerprint density at radius 2 is 2.00 bits per heavy atom. The molecule has 9 heteroatoms. The molecule has 5 nitrogen and oxygen atoms in total. The zero-order chi connectivity index (χ0) is 19.9. The molecule has 0 aliphatic heterocycles. The number of nitrogens with zero attached hydrogens (tertiary/aromatic N) is 2. The predicted octanol–water partition coefficient (Wildman–Crippen LogP) is 5.87. The van der Waals surface area contributed by atoms with Crippen LogP contribution >= 0.6 is 11.6 Å². The molecule has 4 aromatic rings. The summed E-state index contributed by atoms with van der Waals surface area (Å²) in [5, 5.41) is 4.96. The first kappa shape index (κ1) is 18.4. The van der Waals surface area contributed by atoms with Gasteiger partial charge < -0.3 is 14.2 Å². The average molecular weight is 408 g/mol. The molecule has 0 aliphatic rings. The maximum absolute atomic E-state index is 12.7. The van der Waals surface area contributed by atoms with Crippen molar-refractivity contribution in [3.05, 3.63) is 53.7 Å². The first-order valence-corrected chi connectivity index (χ1v) is 8.64. The van der Waals surface area contributed by atoms with Crippen molar-refractivity contribution < 1.29 is 22.4 Å². The number of aromatic amines is 1. The second kappa shape index (κ2) is 6.87.